The maximum absolute atomic E-state index is 13.4. The normalized spacial score (nSPS) is 15.0. The Labute approximate surface area is 202 Å². The van der Waals surface area contributed by atoms with Crippen molar-refractivity contribution in [3.05, 3.63) is 61.7 Å². The summed E-state index contributed by atoms with van der Waals surface area (Å²) in [5.41, 5.74) is 0.882. The number of rotatable bonds is 6. The zero-order chi connectivity index (χ0) is 22.7. The minimum Gasteiger partial charge on any atom is -0.479 e. The quantitative estimate of drug-likeness (QED) is 0.259. The van der Waals surface area contributed by atoms with E-state index in [4.69, 9.17) is 56.5 Å². The lowest BCUT2D eigenvalue weighted by atomic mass is 10.2. The van der Waals surface area contributed by atoms with E-state index in [9.17, 15) is 14.0 Å². The third kappa shape index (κ3) is 5.51. The second kappa shape index (κ2) is 10.2. The number of thiocarbonyl (C=S) groups is 1. The van der Waals surface area contributed by atoms with Crippen molar-refractivity contribution in [2.75, 3.05) is 18.1 Å². The number of hydrogen-bond donors (Lipinski definition) is 0. The molecular weight excluding hydrogens is 508 g/mol. The molecule has 0 unspecified atom stereocenters. The second-order valence-corrected chi connectivity index (χ2v) is 8.92. The lowest BCUT2D eigenvalue weighted by Gasteiger charge is -2.14. The second-order valence-electron chi connectivity index (χ2n) is 6.02. The van der Waals surface area contributed by atoms with Gasteiger partial charge in [0.2, 0.25) is 0 Å². The highest BCUT2D eigenvalue weighted by Crippen LogP contribution is 2.39. The van der Waals surface area contributed by atoms with Gasteiger partial charge in [0.1, 0.15) is 5.82 Å². The van der Waals surface area contributed by atoms with E-state index >= 15 is 0 Å². The molecule has 1 aliphatic heterocycles. The molecule has 5 nitrogen and oxygen atoms in total. The molecule has 31 heavy (non-hydrogen) atoms. The number of ether oxygens (including phenoxy) is 2. The third-order valence-electron chi connectivity index (χ3n) is 3.91. The zero-order valence-electron chi connectivity index (χ0n) is 15.8. The Balaban J connectivity index is 1.83. The summed E-state index contributed by atoms with van der Waals surface area (Å²) in [6.07, 6.45) is 1.57. The molecule has 1 saturated heterocycles. The molecule has 0 atom stereocenters. The Morgan fingerprint density at radius 3 is 2.48 bits per heavy atom. The first-order valence-corrected chi connectivity index (χ1v) is 11.1. The number of halogens is 4. The smallest absolute Gasteiger partial charge is 0.344 e. The van der Waals surface area contributed by atoms with Crippen LogP contribution in [0.5, 0.6) is 5.75 Å². The number of esters is 1. The standard InChI is InChI=1S/C20H13Cl3FNO4S2/c1-2-28-17(26)9-29-18-13(22)5-10(6-14(18)23)7-16-19(27)25(20(30)31-16)11-3-4-15(24)12(21)8-11/h3-8H,2,9H2,1H3/b16-7+. The molecule has 1 heterocycles. The molecule has 2 aromatic carbocycles. The molecule has 2 aromatic rings. The van der Waals surface area contributed by atoms with E-state index in [1.54, 1.807) is 13.0 Å². The Morgan fingerprint density at radius 2 is 1.87 bits per heavy atom. The van der Waals surface area contributed by atoms with Crippen molar-refractivity contribution < 1.29 is 23.5 Å². The van der Waals surface area contributed by atoms with Gasteiger partial charge in [0.05, 0.1) is 32.3 Å². The minimum absolute atomic E-state index is 0.118. The van der Waals surface area contributed by atoms with E-state index in [0.717, 1.165) is 17.8 Å². The van der Waals surface area contributed by atoms with Crippen LogP contribution in [0.1, 0.15) is 12.5 Å². The van der Waals surface area contributed by atoms with Gasteiger partial charge in [-0.05, 0) is 48.9 Å². The molecule has 1 aliphatic rings. The van der Waals surface area contributed by atoms with E-state index in [0.29, 0.717) is 16.2 Å². The average molecular weight is 521 g/mol. The van der Waals surface area contributed by atoms with Gasteiger partial charge >= 0.3 is 5.97 Å². The van der Waals surface area contributed by atoms with Crippen molar-refractivity contribution in [2.24, 2.45) is 0 Å². The first-order valence-electron chi connectivity index (χ1n) is 8.71. The van der Waals surface area contributed by atoms with Crippen LogP contribution in [0.2, 0.25) is 15.1 Å². The van der Waals surface area contributed by atoms with Gasteiger partial charge in [-0.3, -0.25) is 9.69 Å². The van der Waals surface area contributed by atoms with Gasteiger partial charge < -0.3 is 9.47 Å². The highest BCUT2D eigenvalue weighted by Gasteiger charge is 2.33. The van der Waals surface area contributed by atoms with Gasteiger partial charge in [0.15, 0.2) is 16.7 Å². The molecule has 11 heteroatoms. The highest BCUT2D eigenvalue weighted by molar-refractivity contribution is 8.27. The van der Waals surface area contributed by atoms with E-state index in [-0.39, 0.29) is 38.4 Å². The van der Waals surface area contributed by atoms with Crippen LogP contribution in [0.4, 0.5) is 10.1 Å². The van der Waals surface area contributed by atoms with Crippen LogP contribution in [0.3, 0.4) is 0 Å². The molecule has 1 fully saturated rings. The SMILES string of the molecule is CCOC(=O)COc1c(Cl)cc(/C=C2/SC(=S)N(c3ccc(F)c(Cl)c3)C2=O)cc1Cl. The van der Waals surface area contributed by atoms with Crippen LogP contribution in [-0.2, 0) is 14.3 Å². The lowest BCUT2D eigenvalue weighted by molar-refractivity contribution is -0.145. The monoisotopic (exact) mass is 519 g/mol. The van der Waals surface area contributed by atoms with Crippen molar-refractivity contribution in [1.29, 1.82) is 0 Å². The first-order chi connectivity index (χ1) is 14.7. The Morgan fingerprint density at radius 1 is 1.19 bits per heavy atom. The molecule has 0 saturated carbocycles. The summed E-state index contributed by atoms with van der Waals surface area (Å²) in [6, 6.07) is 6.98. The van der Waals surface area contributed by atoms with Crippen LogP contribution in [0.25, 0.3) is 6.08 Å². The van der Waals surface area contributed by atoms with Gasteiger partial charge in [-0.15, -0.1) is 0 Å². The zero-order valence-corrected chi connectivity index (χ0v) is 19.7. The molecule has 0 aliphatic carbocycles. The molecule has 0 N–H and O–H groups in total. The number of nitrogens with zero attached hydrogens (tertiary/aromatic N) is 1. The molecule has 0 bridgehead atoms. The van der Waals surface area contributed by atoms with E-state index in [2.05, 4.69) is 0 Å². The van der Waals surface area contributed by atoms with Crippen molar-refractivity contribution in [3.63, 3.8) is 0 Å². The number of anilines is 1. The molecule has 1 amide bonds. The fraction of sp³-hybridized carbons (Fsp3) is 0.150. The van der Waals surface area contributed by atoms with Gasteiger partial charge in [-0.2, -0.15) is 0 Å². The number of hydrogen-bond acceptors (Lipinski definition) is 6. The summed E-state index contributed by atoms with van der Waals surface area (Å²) in [4.78, 5) is 25.9. The van der Waals surface area contributed by atoms with Gasteiger partial charge in [0.25, 0.3) is 5.91 Å². The van der Waals surface area contributed by atoms with Crippen molar-refractivity contribution >= 4 is 86.7 Å². The average Bonchev–Trinajstić information content (AvgIpc) is 2.97. The lowest BCUT2D eigenvalue weighted by Crippen LogP contribution is -2.27. The van der Waals surface area contributed by atoms with Gasteiger partial charge in [-0.25, -0.2) is 9.18 Å². The fourth-order valence-electron chi connectivity index (χ4n) is 2.60. The summed E-state index contributed by atoms with van der Waals surface area (Å²) in [5, 5.41) is 0.195. The number of carbonyl (C=O) groups excluding carboxylic acids is 2. The summed E-state index contributed by atoms with van der Waals surface area (Å²) < 4.78 is 23.8. The minimum atomic E-state index is -0.596. The maximum atomic E-state index is 13.4. The van der Waals surface area contributed by atoms with Crippen molar-refractivity contribution in [1.82, 2.24) is 0 Å². The topological polar surface area (TPSA) is 55.8 Å². The van der Waals surface area contributed by atoms with E-state index in [1.807, 2.05) is 0 Å². The summed E-state index contributed by atoms with van der Waals surface area (Å²) in [7, 11) is 0. The Hall–Kier alpha value is -1.84. The van der Waals surface area contributed by atoms with Gasteiger partial charge in [-0.1, -0.05) is 58.8 Å². The molecule has 3 rings (SSSR count). The number of amides is 1. The first kappa shape index (κ1) is 23.8. The van der Waals surface area contributed by atoms with Crippen molar-refractivity contribution in [3.8, 4) is 5.75 Å². The van der Waals surface area contributed by atoms with Crippen LogP contribution in [0.15, 0.2) is 35.2 Å². The van der Waals surface area contributed by atoms with Crippen molar-refractivity contribution in [2.45, 2.75) is 6.92 Å². The predicted molar refractivity (Wildman–Crippen MR) is 126 cm³/mol. The van der Waals surface area contributed by atoms with E-state index in [1.165, 1.54) is 29.2 Å². The number of benzene rings is 2. The summed E-state index contributed by atoms with van der Waals surface area (Å²) in [5.74, 6) is -1.42. The maximum Gasteiger partial charge on any atom is 0.344 e. The summed E-state index contributed by atoms with van der Waals surface area (Å²) >= 11 is 24.7. The molecular formula is C20H13Cl3FNO4S2. The van der Waals surface area contributed by atoms with Crippen LogP contribution in [-0.4, -0.2) is 29.4 Å². The molecule has 0 radical (unpaired) electrons. The largest absolute Gasteiger partial charge is 0.479 e. The molecule has 0 aromatic heterocycles. The third-order valence-corrected chi connectivity index (χ3v) is 6.07. The molecule has 0 spiro atoms. The Kier molecular flexibility index (Phi) is 7.82. The van der Waals surface area contributed by atoms with E-state index < -0.39 is 17.7 Å². The number of carbonyl (C=O) groups is 2. The number of thioether (sulfide) groups is 1. The summed E-state index contributed by atoms with van der Waals surface area (Å²) in [6.45, 7) is 1.57. The van der Waals surface area contributed by atoms with Crippen LogP contribution >= 0.6 is 58.8 Å². The Bertz CT molecular complexity index is 1090. The highest BCUT2D eigenvalue weighted by atomic mass is 35.5. The molecule has 162 valence electrons. The fourth-order valence-corrected chi connectivity index (χ4v) is 4.69. The predicted octanol–water partition coefficient (Wildman–Crippen LogP) is 6.13. The van der Waals surface area contributed by atoms with Gasteiger partial charge in [0, 0.05) is 0 Å². The van der Waals surface area contributed by atoms with Crippen LogP contribution in [0, 0.1) is 5.82 Å². The van der Waals surface area contributed by atoms with Crippen LogP contribution < -0.4 is 9.64 Å².